The second-order valence-corrected chi connectivity index (χ2v) is 6.57. The zero-order valence-corrected chi connectivity index (χ0v) is 11.3. The molecule has 0 saturated heterocycles. The van der Waals surface area contributed by atoms with E-state index < -0.39 is 21.2 Å². The van der Waals surface area contributed by atoms with Gasteiger partial charge in [-0.25, -0.2) is 9.59 Å². The summed E-state index contributed by atoms with van der Waals surface area (Å²) in [4.78, 5) is 22.0. The summed E-state index contributed by atoms with van der Waals surface area (Å²) in [6, 6.07) is 1.68. The highest BCUT2D eigenvalue weighted by molar-refractivity contribution is 6.53. The van der Waals surface area contributed by atoms with Gasteiger partial charge in [0.25, 0.3) is 0 Å². The Bertz CT molecular complexity index is 264. The van der Waals surface area contributed by atoms with Gasteiger partial charge in [0.15, 0.2) is 0 Å². The Hall–Kier alpha value is -1.24. The van der Waals surface area contributed by atoms with Crippen LogP contribution in [0.2, 0.25) is 12.1 Å². The summed E-state index contributed by atoms with van der Waals surface area (Å²) in [5.41, 5.74) is 0. The van der Waals surface area contributed by atoms with Crippen LogP contribution in [-0.2, 0) is 9.16 Å². The molecule has 0 fully saturated rings. The Labute approximate surface area is 96.8 Å². The maximum absolute atomic E-state index is 11.1. The van der Waals surface area contributed by atoms with E-state index in [-0.39, 0.29) is 6.10 Å². The largest absolute Gasteiger partial charge is 0.504 e. The molecule has 7 heteroatoms. The van der Waals surface area contributed by atoms with Crippen molar-refractivity contribution in [3.8, 4) is 0 Å². The predicted molar refractivity (Wildman–Crippen MR) is 61.1 cm³/mol. The quantitative estimate of drug-likeness (QED) is 0.564. The lowest BCUT2D eigenvalue weighted by atomic mass is 10.5. The zero-order valence-electron chi connectivity index (χ0n) is 10.1. The van der Waals surface area contributed by atoms with Crippen molar-refractivity contribution >= 4 is 21.2 Å². The summed E-state index contributed by atoms with van der Waals surface area (Å²) in [6.45, 7) is 7.28. The molecule has 2 amide bonds. The minimum Gasteiger partial charge on any atom is -0.504 e. The van der Waals surface area contributed by atoms with Crippen LogP contribution in [0.25, 0.3) is 0 Å². The number of azo groups is 1. The van der Waals surface area contributed by atoms with Crippen LogP contribution in [0.5, 0.6) is 0 Å². The molecule has 0 atom stereocenters. The third kappa shape index (κ3) is 7.10. The van der Waals surface area contributed by atoms with Crippen molar-refractivity contribution in [1.29, 1.82) is 0 Å². The first-order chi connectivity index (χ1) is 7.49. The van der Waals surface area contributed by atoms with Gasteiger partial charge in [0, 0.05) is 0 Å². The van der Waals surface area contributed by atoms with Gasteiger partial charge in [0.2, 0.25) is 9.04 Å². The van der Waals surface area contributed by atoms with E-state index in [1.54, 1.807) is 13.8 Å². The van der Waals surface area contributed by atoms with Gasteiger partial charge in [-0.15, -0.1) is 0 Å². The van der Waals surface area contributed by atoms with E-state index in [0.29, 0.717) is 0 Å². The molecule has 0 aliphatic heterocycles. The average Bonchev–Trinajstić information content (AvgIpc) is 2.22. The maximum Gasteiger partial charge on any atom is 0.452 e. The van der Waals surface area contributed by atoms with E-state index >= 15 is 0 Å². The Morgan fingerprint density at radius 2 is 1.62 bits per heavy atom. The van der Waals surface area contributed by atoms with E-state index in [2.05, 4.69) is 15.0 Å². The van der Waals surface area contributed by atoms with Crippen molar-refractivity contribution in [3.05, 3.63) is 0 Å². The Morgan fingerprint density at radius 1 is 1.12 bits per heavy atom. The number of amides is 2. The van der Waals surface area contributed by atoms with Crippen molar-refractivity contribution in [3.63, 3.8) is 0 Å². The topological polar surface area (TPSA) is 77.3 Å². The highest BCUT2D eigenvalue weighted by atomic mass is 28.3. The van der Waals surface area contributed by atoms with E-state index in [9.17, 15) is 9.59 Å². The van der Waals surface area contributed by atoms with Gasteiger partial charge >= 0.3 is 12.2 Å². The summed E-state index contributed by atoms with van der Waals surface area (Å²) in [5, 5.41) is 6.23. The second-order valence-electron chi connectivity index (χ2n) is 3.45. The molecule has 0 rings (SSSR count). The third-order valence-corrected chi connectivity index (χ3v) is 4.08. The second kappa shape index (κ2) is 7.97. The molecular weight excluding hydrogens is 228 g/mol. The Balaban J connectivity index is 4.03. The number of hydrogen-bond donors (Lipinski definition) is 0. The summed E-state index contributed by atoms with van der Waals surface area (Å²) in [6.07, 6.45) is -1.96. The Morgan fingerprint density at radius 3 is 2.06 bits per heavy atom. The molecule has 0 heterocycles. The summed E-state index contributed by atoms with van der Waals surface area (Å²) in [7, 11) is -1.50. The lowest BCUT2D eigenvalue weighted by Gasteiger charge is -2.08. The van der Waals surface area contributed by atoms with Crippen molar-refractivity contribution < 1.29 is 18.8 Å². The fourth-order valence-corrected chi connectivity index (χ4v) is 2.17. The van der Waals surface area contributed by atoms with Crippen molar-refractivity contribution in [2.24, 2.45) is 10.2 Å². The van der Waals surface area contributed by atoms with E-state index in [1.165, 1.54) is 0 Å². The van der Waals surface area contributed by atoms with Gasteiger partial charge in [0.05, 0.1) is 6.10 Å². The standard InChI is InChI=1S/C9H18N2O4Si/c1-5-16(6-2)15-9(13)11-10-8(12)14-7(3)4/h7,16H,5-6H2,1-4H3. The SMILES string of the molecule is CC[SiH](CC)OC(=O)N=NC(=O)OC(C)C. The zero-order chi connectivity index (χ0) is 12.6. The molecule has 0 bridgehead atoms. The first-order valence-corrected chi connectivity index (χ1v) is 7.42. The first kappa shape index (κ1) is 14.8. The van der Waals surface area contributed by atoms with Crippen LogP contribution in [0.1, 0.15) is 27.7 Å². The van der Waals surface area contributed by atoms with E-state index in [0.717, 1.165) is 12.1 Å². The number of carbonyl (C=O) groups excluding carboxylic acids is 2. The molecule has 0 radical (unpaired) electrons. The average molecular weight is 246 g/mol. The molecule has 0 aromatic carbocycles. The molecular formula is C9H18N2O4Si. The molecule has 0 aliphatic carbocycles. The number of carbonyl (C=O) groups is 2. The molecule has 0 aromatic heterocycles. The molecule has 0 saturated carbocycles. The van der Waals surface area contributed by atoms with Crippen LogP contribution in [0.15, 0.2) is 10.2 Å². The van der Waals surface area contributed by atoms with Crippen LogP contribution in [0.3, 0.4) is 0 Å². The first-order valence-electron chi connectivity index (χ1n) is 5.32. The van der Waals surface area contributed by atoms with E-state index in [4.69, 9.17) is 4.43 Å². The van der Waals surface area contributed by atoms with Gasteiger partial charge in [-0.1, -0.05) is 24.1 Å². The molecule has 16 heavy (non-hydrogen) atoms. The smallest absolute Gasteiger partial charge is 0.452 e. The monoisotopic (exact) mass is 246 g/mol. The predicted octanol–water partition coefficient (Wildman–Crippen LogP) is 2.88. The van der Waals surface area contributed by atoms with Crippen molar-refractivity contribution in [1.82, 2.24) is 0 Å². The van der Waals surface area contributed by atoms with Crippen LogP contribution in [0.4, 0.5) is 9.59 Å². The molecule has 0 aromatic rings. The molecule has 6 nitrogen and oxygen atoms in total. The van der Waals surface area contributed by atoms with Gasteiger partial charge in [-0.05, 0) is 25.9 Å². The van der Waals surface area contributed by atoms with E-state index in [1.807, 2.05) is 13.8 Å². The minimum absolute atomic E-state index is 0.282. The van der Waals surface area contributed by atoms with Crippen LogP contribution >= 0.6 is 0 Å². The van der Waals surface area contributed by atoms with Gasteiger partial charge < -0.3 is 9.16 Å². The van der Waals surface area contributed by atoms with Gasteiger partial charge in [0.1, 0.15) is 0 Å². The lowest BCUT2D eigenvalue weighted by molar-refractivity contribution is 0.123. The van der Waals surface area contributed by atoms with Crippen LogP contribution in [0, 0.1) is 0 Å². The third-order valence-electron chi connectivity index (χ3n) is 1.73. The molecule has 0 aliphatic rings. The maximum atomic E-state index is 11.1. The number of ether oxygens (including phenoxy) is 1. The van der Waals surface area contributed by atoms with Crippen molar-refractivity contribution in [2.75, 3.05) is 0 Å². The number of nitrogens with zero attached hydrogens (tertiary/aromatic N) is 2. The molecule has 0 unspecified atom stereocenters. The van der Waals surface area contributed by atoms with Crippen LogP contribution in [-0.4, -0.2) is 27.3 Å². The fourth-order valence-electron chi connectivity index (χ4n) is 0.928. The Kier molecular flexibility index (Phi) is 7.35. The normalized spacial score (nSPS) is 11.1. The summed E-state index contributed by atoms with van der Waals surface area (Å²) < 4.78 is 9.70. The highest BCUT2D eigenvalue weighted by Gasteiger charge is 2.12. The molecule has 0 N–H and O–H groups in total. The van der Waals surface area contributed by atoms with Crippen molar-refractivity contribution in [2.45, 2.75) is 45.9 Å². The lowest BCUT2D eigenvalue weighted by Crippen LogP contribution is -2.18. The highest BCUT2D eigenvalue weighted by Crippen LogP contribution is 2.02. The van der Waals surface area contributed by atoms with Gasteiger partial charge in [-0.2, -0.15) is 0 Å². The fraction of sp³-hybridized carbons (Fsp3) is 0.778. The number of hydrogen-bond acceptors (Lipinski definition) is 4. The van der Waals surface area contributed by atoms with Crippen LogP contribution < -0.4 is 0 Å². The van der Waals surface area contributed by atoms with Gasteiger partial charge in [-0.3, -0.25) is 0 Å². The number of rotatable bonds is 4. The molecule has 0 spiro atoms. The minimum atomic E-state index is -1.50. The summed E-state index contributed by atoms with van der Waals surface area (Å²) >= 11 is 0. The summed E-state index contributed by atoms with van der Waals surface area (Å²) in [5.74, 6) is 0. The molecule has 92 valence electrons.